The topological polar surface area (TPSA) is 58.9 Å². The number of nitrogens with zero attached hydrogens (tertiary/aromatic N) is 5. The maximum Gasteiger partial charge on any atom is 0.163 e. The van der Waals surface area contributed by atoms with E-state index in [9.17, 15) is 0 Å². The Balaban J connectivity index is 1.85. The number of hydrogen-bond donors (Lipinski definition) is 1. The Labute approximate surface area is 119 Å². The quantitative estimate of drug-likeness (QED) is 0.834. The molecule has 0 bridgehead atoms. The summed E-state index contributed by atoms with van der Waals surface area (Å²) in [5.74, 6) is 1.03. The lowest BCUT2D eigenvalue weighted by molar-refractivity contribution is 0.569. The first-order valence-electron chi connectivity index (χ1n) is 7.41. The van der Waals surface area contributed by atoms with E-state index in [1.54, 1.807) is 11.0 Å². The van der Waals surface area contributed by atoms with Gasteiger partial charge in [-0.3, -0.25) is 4.68 Å². The SMILES string of the molecule is CCCNCC1CCCN1c1ncnc2c1cnn2C. The van der Waals surface area contributed by atoms with Gasteiger partial charge in [-0.05, 0) is 25.8 Å². The second kappa shape index (κ2) is 5.75. The van der Waals surface area contributed by atoms with Gasteiger partial charge < -0.3 is 10.2 Å². The van der Waals surface area contributed by atoms with Gasteiger partial charge in [0.05, 0.1) is 11.6 Å². The molecule has 2 aromatic rings. The Morgan fingerprint density at radius 2 is 2.30 bits per heavy atom. The zero-order chi connectivity index (χ0) is 13.9. The summed E-state index contributed by atoms with van der Waals surface area (Å²) in [5, 5.41) is 8.88. The Hall–Kier alpha value is -1.69. The maximum atomic E-state index is 4.51. The summed E-state index contributed by atoms with van der Waals surface area (Å²) in [4.78, 5) is 11.2. The van der Waals surface area contributed by atoms with Gasteiger partial charge in [0.25, 0.3) is 0 Å². The number of aromatic nitrogens is 4. The van der Waals surface area contributed by atoms with E-state index >= 15 is 0 Å². The van der Waals surface area contributed by atoms with Crippen molar-refractivity contribution in [3.63, 3.8) is 0 Å². The molecule has 0 aromatic carbocycles. The van der Waals surface area contributed by atoms with Crippen molar-refractivity contribution in [1.82, 2.24) is 25.1 Å². The average molecular weight is 274 g/mol. The lowest BCUT2D eigenvalue weighted by Gasteiger charge is -2.26. The molecular formula is C14H22N6. The molecule has 3 rings (SSSR count). The average Bonchev–Trinajstić information content (AvgIpc) is 3.07. The second-order valence-corrected chi connectivity index (χ2v) is 5.40. The van der Waals surface area contributed by atoms with Crippen LogP contribution in [-0.2, 0) is 7.05 Å². The molecular weight excluding hydrogens is 252 g/mol. The van der Waals surface area contributed by atoms with E-state index in [1.807, 2.05) is 13.2 Å². The van der Waals surface area contributed by atoms with Gasteiger partial charge in [0.1, 0.15) is 12.1 Å². The lowest BCUT2D eigenvalue weighted by atomic mass is 10.2. The predicted octanol–water partition coefficient (Wildman–Crippen LogP) is 1.33. The van der Waals surface area contributed by atoms with Crippen molar-refractivity contribution >= 4 is 16.9 Å². The minimum absolute atomic E-state index is 0.528. The number of aryl methyl sites for hydroxylation is 1. The van der Waals surface area contributed by atoms with E-state index in [0.29, 0.717) is 6.04 Å². The summed E-state index contributed by atoms with van der Waals surface area (Å²) < 4.78 is 1.81. The Kier molecular flexibility index (Phi) is 3.82. The number of hydrogen-bond acceptors (Lipinski definition) is 5. The molecule has 1 aliphatic heterocycles. The Bertz CT molecular complexity index is 578. The fourth-order valence-electron chi connectivity index (χ4n) is 2.95. The van der Waals surface area contributed by atoms with Gasteiger partial charge in [-0.25, -0.2) is 9.97 Å². The van der Waals surface area contributed by atoms with E-state index in [4.69, 9.17) is 0 Å². The zero-order valence-corrected chi connectivity index (χ0v) is 12.2. The first-order chi connectivity index (χ1) is 9.81. The number of nitrogens with one attached hydrogen (secondary N) is 1. The van der Waals surface area contributed by atoms with E-state index in [1.165, 1.54) is 19.3 Å². The largest absolute Gasteiger partial charge is 0.352 e. The Morgan fingerprint density at radius 1 is 1.40 bits per heavy atom. The summed E-state index contributed by atoms with van der Waals surface area (Å²) in [6.07, 6.45) is 7.15. The second-order valence-electron chi connectivity index (χ2n) is 5.40. The van der Waals surface area contributed by atoms with Crippen molar-refractivity contribution in [2.24, 2.45) is 7.05 Å². The monoisotopic (exact) mass is 274 g/mol. The third kappa shape index (κ3) is 2.35. The molecule has 108 valence electrons. The molecule has 0 amide bonds. The standard InChI is InChI=1S/C14H22N6/c1-3-6-15-8-11-5-4-7-20(11)14-12-9-18-19(2)13(12)16-10-17-14/h9-11,15H,3-8H2,1-2H3. The van der Waals surface area contributed by atoms with Crippen LogP contribution in [0.25, 0.3) is 11.0 Å². The van der Waals surface area contributed by atoms with E-state index in [0.717, 1.165) is 36.5 Å². The number of anilines is 1. The number of fused-ring (bicyclic) bond motifs is 1. The van der Waals surface area contributed by atoms with Gasteiger partial charge in [-0.2, -0.15) is 5.10 Å². The van der Waals surface area contributed by atoms with E-state index in [-0.39, 0.29) is 0 Å². The predicted molar refractivity (Wildman–Crippen MR) is 79.8 cm³/mol. The molecule has 0 saturated carbocycles. The normalized spacial score (nSPS) is 19.1. The van der Waals surface area contributed by atoms with Crippen LogP contribution in [0.4, 0.5) is 5.82 Å². The van der Waals surface area contributed by atoms with Gasteiger partial charge in [-0.15, -0.1) is 0 Å². The van der Waals surface area contributed by atoms with Gasteiger partial charge in [0.2, 0.25) is 0 Å². The summed E-state index contributed by atoms with van der Waals surface area (Å²) in [6, 6.07) is 0.528. The van der Waals surface area contributed by atoms with Crippen molar-refractivity contribution in [2.75, 3.05) is 24.5 Å². The summed E-state index contributed by atoms with van der Waals surface area (Å²) in [6.45, 7) is 5.37. The summed E-state index contributed by atoms with van der Waals surface area (Å²) >= 11 is 0. The van der Waals surface area contributed by atoms with Gasteiger partial charge in [0.15, 0.2) is 5.65 Å². The molecule has 3 heterocycles. The van der Waals surface area contributed by atoms with Crippen molar-refractivity contribution in [1.29, 1.82) is 0 Å². The van der Waals surface area contributed by atoms with Crippen molar-refractivity contribution < 1.29 is 0 Å². The van der Waals surface area contributed by atoms with Crippen LogP contribution in [0, 0.1) is 0 Å². The fraction of sp³-hybridized carbons (Fsp3) is 0.643. The lowest BCUT2D eigenvalue weighted by Crippen LogP contribution is -2.38. The first kappa shape index (κ1) is 13.3. The number of rotatable bonds is 5. The molecule has 2 aromatic heterocycles. The molecule has 1 unspecified atom stereocenters. The van der Waals surface area contributed by atoms with Crippen molar-refractivity contribution in [2.45, 2.75) is 32.2 Å². The maximum absolute atomic E-state index is 4.51. The van der Waals surface area contributed by atoms with Crippen LogP contribution >= 0.6 is 0 Å². The highest BCUT2D eigenvalue weighted by atomic mass is 15.3. The fourth-order valence-corrected chi connectivity index (χ4v) is 2.95. The molecule has 6 heteroatoms. The highest BCUT2D eigenvalue weighted by molar-refractivity contribution is 5.86. The van der Waals surface area contributed by atoms with Gasteiger partial charge >= 0.3 is 0 Å². The molecule has 1 N–H and O–H groups in total. The van der Waals surface area contributed by atoms with E-state index in [2.05, 4.69) is 32.2 Å². The van der Waals surface area contributed by atoms with Crippen LogP contribution in [0.5, 0.6) is 0 Å². The Morgan fingerprint density at radius 3 is 3.15 bits per heavy atom. The molecule has 0 aliphatic carbocycles. The molecule has 1 fully saturated rings. The van der Waals surface area contributed by atoms with Crippen molar-refractivity contribution in [3.05, 3.63) is 12.5 Å². The third-order valence-corrected chi connectivity index (χ3v) is 3.96. The minimum Gasteiger partial charge on any atom is -0.352 e. The molecule has 20 heavy (non-hydrogen) atoms. The highest BCUT2D eigenvalue weighted by Gasteiger charge is 2.27. The molecule has 0 spiro atoms. The molecule has 1 saturated heterocycles. The minimum atomic E-state index is 0.528. The van der Waals surface area contributed by atoms with Crippen LogP contribution in [0.1, 0.15) is 26.2 Å². The molecule has 1 atom stereocenters. The first-order valence-corrected chi connectivity index (χ1v) is 7.41. The third-order valence-electron chi connectivity index (χ3n) is 3.96. The van der Waals surface area contributed by atoms with Crippen LogP contribution in [0.2, 0.25) is 0 Å². The smallest absolute Gasteiger partial charge is 0.163 e. The molecule has 6 nitrogen and oxygen atoms in total. The van der Waals surface area contributed by atoms with Gasteiger partial charge in [0, 0.05) is 26.2 Å². The van der Waals surface area contributed by atoms with E-state index < -0.39 is 0 Å². The summed E-state index contributed by atoms with van der Waals surface area (Å²) in [7, 11) is 1.92. The van der Waals surface area contributed by atoms with Crippen LogP contribution in [-0.4, -0.2) is 45.4 Å². The van der Waals surface area contributed by atoms with Crippen LogP contribution < -0.4 is 10.2 Å². The van der Waals surface area contributed by atoms with Crippen LogP contribution in [0.15, 0.2) is 12.5 Å². The van der Waals surface area contributed by atoms with Crippen molar-refractivity contribution in [3.8, 4) is 0 Å². The van der Waals surface area contributed by atoms with Crippen LogP contribution in [0.3, 0.4) is 0 Å². The molecule has 1 aliphatic rings. The van der Waals surface area contributed by atoms with Gasteiger partial charge in [-0.1, -0.05) is 6.92 Å². The zero-order valence-electron chi connectivity index (χ0n) is 12.2. The molecule has 0 radical (unpaired) electrons. The summed E-state index contributed by atoms with van der Waals surface area (Å²) in [5.41, 5.74) is 0.905. The highest BCUT2D eigenvalue weighted by Crippen LogP contribution is 2.28.